The molecular weight excluding hydrogens is 333 g/mol. The maximum atomic E-state index is 13.3. The van der Waals surface area contributed by atoms with E-state index in [1.807, 2.05) is 0 Å². The molecule has 0 aliphatic carbocycles. The number of benzene rings is 1. The Bertz CT molecular complexity index is 945. The van der Waals surface area contributed by atoms with E-state index in [1.54, 1.807) is 26.1 Å². The molecule has 0 radical (unpaired) electrons. The molecule has 3 rings (SSSR count). The van der Waals surface area contributed by atoms with Crippen LogP contribution in [0.5, 0.6) is 0 Å². The van der Waals surface area contributed by atoms with E-state index in [0.29, 0.717) is 15.6 Å². The van der Waals surface area contributed by atoms with Crippen molar-refractivity contribution >= 4 is 17.2 Å². The smallest absolute Gasteiger partial charge is 0.270 e. The quantitative estimate of drug-likeness (QED) is 0.753. The second-order valence-electron chi connectivity index (χ2n) is 5.22. The van der Waals surface area contributed by atoms with E-state index >= 15 is 0 Å². The number of aryl methyl sites for hydroxylation is 1. The number of aromatic amines is 1. The fourth-order valence-corrected chi connectivity index (χ4v) is 3.02. The van der Waals surface area contributed by atoms with Gasteiger partial charge < -0.3 is 5.32 Å². The zero-order valence-corrected chi connectivity index (χ0v) is 13.7. The summed E-state index contributed by atoms with van der Waals surface area (Å²) in [7, 11) is 1.58. The highest BCUT2D eigenvalue weighted by atomic mass is 32.1. The van der Waals surface area contributed by atoms with Crippen molar-refractivity contribution in [2.45, 2.75) is 13.0 Å². The number of carbonyl (C=O) groups is 1. The first-order chi connectivity index (χ1) is 11.4. The number of H-pyrrole nitrogens is 1. The van der Waals surface area contributed by atoms with Gasteiger partial charge in [-0.05, 0) is 19.1 Å². The van der Waals surface area contributed by atoms with Crippen molar-refractivity contribution in [1.29, 1.82) is 0 Å². The molecule has 124 valence electrons. The van der Waals surface area contributed by atoms with Gasteiger partial charge in [0.15, 0.2) is 0 Å². The lowest BCUT2D eigenvalue weighted by molar-refractivity contribution is 0.0930. The Hall–Kier alpha value is -2.81. The predicted molar refractivity (Wildman–Crippen MR) is 87.2 cm³/mol. The van der Waals surface area contributed by atoms with Gasteiger partial charge in [-0.1, -0.05) is 23.5 Å². The highest BCUT2D eigenvalue weighted by Crippen LogP contribution is 2.27. The number of nitrogens with zero attached hydrogens (tertiary/aromatic N) is 3. The number of nitrogens with one attached hydrogen (secondary N) is 2. The van der Waals surface area contributed by atoms with Gasteiger partial charge in [-0.2, -0.15) is 0 Å². The van der Waals surface area contributed by atoms with Crippen LogP contribution in [0.3, 0.4) is 0 Å². The van der Waals surface area contributed by atoms with Gasteiger partial charge in [0.2, 0.25) is 0 Å². The largest absolute Gasteiger partial charge is 0.342 e. The van der Waals surface area contributed by atoms with Gasteiger partial charge in [-0.3, -0.25) is 19.4 Å². The minimum Gasteiger partial charge on any atom is -0.342 e. The highest BCUT2D eigenvalue weighted by Gasteiger charge is 2.18. The van der Waals surface area contributed by atoms with Crippen LogP contribution in [-0.4, -0.2) is 25.9 Å². The van der Waals surface area contributed by atoms with Crippen molar-refractivity contribution in [3.8, 4) is 10.6 Å². The third kappa shape index (κ3) is 3.25. The summed E-state index contributed by atoms with van der Waals surface area (Å²) in [6.45, 7) is 1.76. The molecule has 2 aromatic heterocycles. The molecule has 0 aliphatic rings. The number of aromatic nitrogens is 4. The third-order valence-corrected chi connectivity index (χ3v) is 4.52. The summed E-state index contributed by atoms with van der Waals surface area (Å²) in [5.41, 5.74) is 0.506. The predicted octanol–water partition coefficient (Wildman–Crippen LogP) is 1.86. The summed E-state index contributed by atoms with van der Waals surface area (Å²) in [5, 5.41) is 14.5. The molecule has 0 aliphatic heterocycles. The number of hydrogen-bond donors (Lipinski definition) is 2. The van der Waals surface area contributed by atoms with Gasteiger partial charge in [0.05, 0.1) is 6.04 Å². The Balaban J connectivity index is 1.76. The average molecular weight is 347 g/mol. The second-order valence-corrected chi connectivity index (χ2v) is 6.22. The first kappa shape index (κ1) is 16.1. The summed E-state index contributed by atoms with van der Waals surface area (Å²) < 4.78 is 14.6. The molecule has 0 saturated carbocycles. The highest BCUT2D eigenvalue weighted by molar-refractivity contribution is 7.14. The molecule has 1 amide bonds. The van der Waals surface area contributed by atoms with E-state index < -0.39 is 11.9 Å². The molecule has 0 bridgehead atoms. The van der Waals surface area contributed by atoms with Gasteiger partial charge >= 0.3 is 0 Å². The van der Waals surface area contributed by atoms with Gasteiger partial charge in [0.1, 0.15) is 21.5 Å². The van der Waals surface area contributed by atoms with E-state index in [1.165, 1.54) is 34.2 Å². The second kappa shape index (κ2) is 6.36. The number of amides is 1. The van der Waals surface area contributed by atoms with E-state index in [-0.39, 0.29) is 17.1 Å². The normalized spacial score (nSPS) is 12.1. The van der Waals surface area contributed by atoms with Crippen molar-refractivity contribution in [2.24, 2.45) is 7.05 Å². The average Bonchev–Trinajstić information content (AvgIpc) is 3.14. The Morgan fingerprint density at radius 3 is 2.83 bits per heavy atom. The Kier molecular flexibility index (Phi) is 4.26. The van der Waals surface area contributed by atoms with E-state index in [4.69, 9.17) is 0 Å². The van der Waals surface area contributed by atoms with E-state index in [0.717, 1.165) is 0 Å². The Morgan fingerprint density at radius 1 is 1.38 bits per heavy atom. The van der Waals surface area contributed by atoms with Gasteiger partial charge in [0, 0.05) is 18.7 Å². The first-order valence-corrected chi connectivity index (χ1v) is 7.92. The van der Waals surface area contributed by atoms with Crippen LogP contribution in [0.15, 0.2) is 35.1 Å². The van der Waals surface area contributed by atoms with Crippen molar-refractivity contribution < 1.29 is 9.18 Å². The van der Waals surface area contributed by atoms with Crippen molar-refractivity contribution in [3.05, 3.63) is 57.2 Å². The van der Waals surface area contributed by atoms with Crippen LogP contribution in [-0.2, 0) is 7.05 Å². The summed E-state index contributed by atoms with van der Waals surface area (Å²) in [6, 6.07) is 6.90. The van der Waals surface area contributed by atoms with Crippen molar-refractivity contribution in [2.75, 3.05) is 0 Å². The molecule has 0 spiro atoms. The van der Waals surface area contributed by atoms with Crippen molar-refractivity contribution in [3.63, 3.8) is 0 Å². The number of rotatable bonds is 4. The fraction of sp³-hybridized carbons (Fsp3) is 0.200. The SMILES string of the molecule is CC(NC(=O)c1cc(=O)[nH]n1C)c1nnc(-c2cccc(F)c2)s1. The molecule has 2 heterocycles. The van der Waals surface area contributed by atoms with E-state index in [9.17, 15) is 14.0 Å². The van der Waals surface area contributed by atoms with Crippen LogP contribution in [0.4, 0.5) is 4.39 Å². The molecule has 1 aromatic carbocycles. The van der Waals surface area contributed by atoms with Crippen LogP contribution >= 0.6 is 11.3 Å². The molecule has 1 atom stereocenters. The minimum atomic E-state index is -0.401. The summed E-state index contributed by atoms with van der Waals surface area (Å²) in [6.07, 6.45) is 0. The maximum absolute atomic E-state index is 13.3. The monoisotopic (exact) mass is 347 g/mol. The Labute approximate surface area is 140 Å². The summed E-state index contributed by atoms with van der Waals surface area (Å²) >= 11 is 1.27. The lowest BCUT2D eigenvalue weighted by Gasteiger charge is -2.10. The van der Waals surface area contributed by atoms with Crippen LogP contribution in [0.25, 0.3) is 10.6 Å². The fourth-order valence-electron chi connectivity index (χ4n) is 2.18. The summed E-state index contributed by atoms with van der Waals surface area (Å²) in [5.74, 6) is -0.746. The standard InChI is InChI=1S/C15H14FN5O2S/c1-8(17-13(23)11-7-12(22)20-21(11)2)14-18-19-15(24-14)9-4-3-5-10(16)6-9/h3-8H,1-2H3,(H,17,23)(H,20,22). The molecular formula is C15H14FN5O2S. The lowest BCUT2D eigenvalue weighted by Crippen LogP contribution is -2.28. The summed E-state index contributed by atoms with van der Waals surface area (Å²) in [4.78, 5) is 23.5. The molecule has 0 fully saturated rings. The molecule has 2 N–H and O–H groups in total. The van der Waals surface area contributed by atoms with Crippen LogP contribution in [0.1, 0.15) is 28.5 Å². The molecule has 1 unspecified atom stereocenters. The van der Waals surface area contributed by atoms with Crippen LogP contribution in [0, 0.1) is 5.82 Å². The van der Waals surface area contributed by atoms with Gasteiger partial charge in [-0.15, -0.1) is 10.2 Å². The zero-order chi connectivity index (χ0) is 17.3. The van der Waals surface area contributed by atoms with Crippen molar-refractivity contribution in [1.82, 2.24) is 25.3 Å². The zero-order valence-electron chi connectivity index (χ0n) is 12.9. The van der Waals surface area contributed by atoms with Crippen LogP contribution < -0.4 is 10.9 Å². The lowest BCUT2D eigenvalue weighted by atomic mass is 10.2. The van der Waals surface area contributed by atoms with Gasteiger partial charge in [-0.25, -0.2) is 4.39 Å². The molecule has 9 heteroatoms. The maximum Gasteiger partial charge on any atom is 0.270 e. The minimum absolute atomic E-state index is 0.224. The molecule has 3 aromatic rings. The molecule has 24 heavy (non-hydrogen) atoms. The number of hydrogen-bond acceptors (Lipinski definition) is 5. The first-order valence-electron chi connectivity index (χ1n) is 7.10. The van der Waals surface area contributed by atoms with E-state index in [2.05, 4.69) is 20.6 Å². The topological polar surface area (TPSA) is 92.7 Å². The Morgan fingerprint density at radius 2 is 2.17 bits per heavy atom. The number of halogens is 1. The molecule has 7 nitrogen and oxygen atoms in total. The number of carbonyl (C=O) groups excluding carboxylic acids is 1. The van der Waals surface area contributed by atoms with Gasteiger partial charge in [0.25, 0.3) is 11.5 Å². The third-order valence-electron chi connectivity index (χ3n) is 3.37. The molecule has 0 saturated heterocycles. The van der Waals surface area contributed by atoms with Crippen LogP contribution in [0.2, 0.25) is 0 Å².